The van der Waals surface area contributed by atoms with Crippen molar-refractivity contribution in [3.63, 3.8) is 0 Å². The molecule has 21 heavy (non-hydrogen) atoms. The van der Waals surface area contributed by atoms with E-state index in [1.165, 1.54) is 15.3 Å². The fourth-order valence-electron chi connectivity index (χ4n) is 1.99. The Balaban J connectivity index is 2.03. The van der Waals surface area contributed by atoms with Crippen molar-refractivity contribution in [2.45, 2.75) is 33.7 Å². The van der Waals surface area contributed by atoms with Crippen LogP contribution in [-0.2, 0) is 6.54 Å². The summed E-state index contributed by atoms with van der Waals surface area (Å²) < 4.78 is 0. The third-order valence-electron chi connectivity index (χ3n) is 3.27. The normalized spacial score (nSPS) is 10.4. The zero-order valence-corrected chi connectivity index (χ0v) is 13.5. The summed E-state index contributed by atoms with van der Waals surface area (Å²) in [7, 11) is 0. The summed E-state index contributed by atoms with van der Waals surface area (Å²) in [6.07, 6.45) is 4.35. The van der Waals surface area contributed by atoms with E-state index in [-0.39, 0.29) is 5.91 Å². The van der Waals surface area contributed by atoms with Crippen LogP contribution in [0.25, 0.3) is 0 Å². The maximum atomic E-state index is 12.3. The Morgan fingerprint density at radius 2 is 2.19 bits per heavy atom. The molecule has 0 unspecified atom stereocenters. The Bertz CT molecular complexity index is 602. The second kappa shape index (κ2) is 7.22. The molecule has 0 aliphatic carbocycles. The third kappa shape index (κ3) is 4.04. The quantitative estimate of drug-likeness (QED) is 0.858. The molecule has 2 rings (SSSR count). The van der Waals surface area contributed by atoms with Crippen molar-refractivity contribution in [2.24, 2.45) is 0 Å². The van der Waals surface area contributed by atoms with Gasteiger partial charge in [0.25, 0.3) is 5.91 Å². The fourth-order valence-corrected chi connectivity index (χ4v) is 2.99. The lowest BCUT2D eigenvalue weighted by Gasteiger charge is -2.10. The third-order valence-corrected chi connectivity index (χ3v) is 4.42. The summed E-state index contributed by atoms with van der Waals surface area (Å²) in [6.45, 7) is 7.67. The first-order valence-electron chi connectivity index (χ1n) is 7.13. The van der Waals surface area contributed by atoms with Crippen LogP contribution in [0.1, 0.15) is 39.0 Å². The number of amides is 1. The lowest BCUT2D eigenvalue weighted by Crippen LogP contribution is -2.23. The molecule has 5 heteroatoms. The number of nitrogens with zero attached hydrogens (tertiary/aromatic N) is 1. The van der Waals surface area contributed by atoms with Crippen LogP contribution >= 0.6 is 11.3 Å². The van der Waals surface area contributed by atoms with Crippen LogP contribution in [-0.4, -0.2) is 17.4 Å². The van der Waals surface area contributed by atoms with E-state index in [2.05, 4.69) is 42.5 Å². The van der Waals surface area contributed by atoms with Crippen LogP contribution in [0.5, 0.6) is 0 Å². The number of carbonyl (C=O) groups is 1. The number of rotatable bonds is 6. The summed E-state index contributed by atoms with van der Waals surface area (Å²) >= 11 is 1.73. The van der Waals surface area contributed by atoms with Gasteiger partial charge in [-0.1, -0.05) is 6.92 Å². The molecule has 112 valence electrons. The molecule has 1 amide bonds. The monoisotopic (exact) mass is 303 g/mol. The lowest BCUT2D eigenvalue weighted by molar-refractivity contribution is 0.0952. The molecule has 0 bridgehead atoms. The highest BCUT2D eigenvalue weighted by Gasteiger charge is 2.11. The average Bonchev–Trinajstić information content (AvgIpc) is 2.81. The molecule has 0 atom stereocenters. The zero-order valence-electron chi connectivity index (χ0n) is 12.7. The first-order valence-corrected chi connectivity index (χ1v) is 7.95. The minimum absolute atomic E-state index is 0.0697. The summed E-state index contributed by atoms with van der Waals surface area (Å²) in [4.78, 5) is 18.9. The minimum Gasteiger partial charge on any atom is -0.383 e. The van der Waals surface area contributed by atoms with E-state index >= 15 is 0 Å². The number of aryl methyl sites for hydroxylation is 2. The second-order valence-electron chi connectivity index (χ2n) is 4.98. The number of carbonyl (C=O) groups excluding carboxylic acids is 1. The van der Waals surface area contributed by atoms with Gasteiger partial charge in [0.1, 0.15) is 0 Å². The highest BCUT2D eigenvalue weighted by molar-refractivity contribution is 7.12. The van der Waals surface area contributed by atoms with Gasteiger partial charge in [-0.05, 0) is 38.0 Å². The molecule has 0 aromatic carbocycles. The van der Waals surface area contributed by atoms with Crippen molar-refractivity contribution in [2.75, 3.05) is 11.9 Å². The molecule has 2 heterocycles. The van der Waals surface area contributed by atoms with Gasteiger partial charge in [-0.2, -0.15) is 0 Å². The fraction of sp³-hybridized carbons (Fsp3) is 0.375. The van der Waals surface area contributed by atoms with Crippen LogP contribution < -0.4 is 10.6 Å². The first kappa shape index (κ1) is 15.5. The van der Waals surface area contributed by atoms with E-state index in [4.69, 9.17) is 0 Å². The molecule has 0 aliphatic heterocycles. The Hall–Kier alpha value is -1.88. The second-order valence-corrected chi connectivity index (χ2v) is 6.32. The molecule has 0 saturated heterocycles. The van der Waals surface area contributed by atoms with Gasteiger partial charge < -0.3 is 10.6 Å². The van der Waals surface area contributed by atoms with Crippen LogP contribution in [0.4, 0.5) is 5.69 Å². The molecule has 0 fully saturated rings. The summed E-state index contributed by atoms with van der Waals surface area (Å²) in [5, 5.41) is 6.21. The van der Waals surface area contributed by atoms with E-state index in [1.807, 2.05) is 0 Å². The molecule has 2 N–H and O–H groups in total. The van der Waals surface area contributed by atoms with Crippen molar-refractivity contribution in [1.82, 2.24) is 10.3 Å². The van der Waals surface area contributed by atoms with Crippen molar-refractivity contribution in [1.29, 1.82) is 0 Å². The Labute approximate surface area is 129 Å². The Morgan fingerprint density at radius 1 is 1.38 bits per heavy atom. The van der Waals surface area contributed by atoms with E-state index in [1.54, 1.807) is 29.8 Å². The molecule has 2 aromatic heterocycles. The molecule has 0 radical (unpaired) electrons. The highest BCUT2D eigenvalue weighted by Crippen LogP contribution is 2.20. The molecular formula is C16H21N3OS. The molecule has 0 spiro atoms. The number of thiophene rings is 1. The van der Waals surface area contributed by atoms with Gasteiger partial charge in [-0.15, -0.1) is 11.3 Å². The van der Waals surface area contributed by atoms with Crippen molar-refractivity contribution >= 4 is 22.9 Å². The van der Waals surface area contributed by atoms with Gasteiger partial charge in [0.05, 0.1) is 24.0 Å². The maximum Gasteiger partial charge on any atom is 0.253 e. The van der Waals surface area contributed by atoms with E-state index < -0.39 is 0 Å². The smallest absolute Gasteiger partial charge is 0.253 e. The standard InChI is InChI=1S/C16H21N3OS/c1-4-6-18-15-10-17-7-5-14(15)16(20)19-9-13-8-11(2)12(3)21-13/h5,7-8,10,18H,4,6,9H2,1-3H3,(H,19,20). The molecular weight excluding hydrogens is 282 g/mol. The maximum absolute atomic E-state index is 12.3. The number of pyridine rings is 1. The van der Waals surface area contributed by atoms with Crippen LogP contribution in [0, 0.1) is 13.8 Å². The molecule has 0 aliphatic rings. The minimum atomic E-state index is -0.0697. The van der Waals surface area contributed by atoms with Gasteiger partial charge in [-0.3, -0.25) is 9.78 Å². The number of nitrogens with one attached hydrogen (secondary N) is 2. The SMILES string of the molecule is CCCNc1cnccc1C(=O)NCc1cc(C)c(C)s1. The Morgan fingerprint density at radius 3 is 2.86 bits per heavy atom. The van der Waals surface area contributed by atoms with Crippen LogP contribution in [0.15, 0.2) is 24.5 Å². The molecule has 2 aromatic rings. The van der Waals surface area contributed by atoms with E-state index in [0.717, 1.165) is 18.7 Å². The highest BCUT2D eigenvalue weighted by atomic mass is 32.1. The van der Waals surface area contributed by atoms with Gasteiger partial charge in [-0.25, -0.2) is 0 Å². The summed E-state index contributed by atoms with van der Waals surface area (Å²) in [5.41, 5.74) is 2.71. The van der Waals surface area contributed by atoms with Crippen LogP contribution in [0.2, 0.25) is 0 Å². The Kier molecular flexibility index (Phi) is 5.33. The van der Waals surface area contributed by atoms with Crippen molar-refractivity contribution < 1.29 is 4.79 Å². The van der Waals surface area contributed by atoms with Crippen molar-refractivity contribution in [3.05, 3.63) is 45.4 Å². The summed E-state index contributed by atoms with van der Waals surface area (Å²) in [6, 6.07) is 3.88. The zero-order chi connectivity index (χ0) is 15.2. The first-order chi connectivity index (χ1) is 10.1. The largest absolute Gasteiger partial charge is 0.383 e. The van der Waals surface area contributed by atoms with E-state index in [0.29, 0.717) is 12.1 Å². The summed E-state index contributed by atoms with van der Waals surface area (Å²) in [5.74, 6) is -0.0697. The van der Waals surface area contributed by atoms with E-state index in [9.17, 15) is 4.79 Å². The van der Waals surface area contributed by atoms with Gasteiger partial charge in [0, 0.05) is 22.5 Å². The average molecular weight is 303 g/mol. The predicted octanol–water partition coefficient (Wildman–Crippen LogP) is 3.51. The van der Waals surface area contributed by atoms with Gasteiger partial charge in [0.15, 0.2) is 0 Å². The predicted molar refractivity (Wildman–Crippen MR) is 88.0 cm³/mol. The number of hydrogen-bond acceptors (Lipinski definition) is 4. The van der Waals surface area contributed by atoms with Gasteiger partial charge >= 0.3 is 0 Å². The van der Waals surface area contributed by atoms with Crippen molar-refractivity contribution in [3.8, 4) is 0 Å². The number of anilines is 1. The molecule has 0 saturated carbocycles. The van der Waals surface area contributed by atoms with Crippen LogP contribution in [0.3, 0.4) is 0 Å². The number of aromatic nitrogens is 1. The number of hydrogen-bond donors (Lipinski definition) is 2. The molecule has 4 nitrogen and oxygen atoms in total. The van der Waals surface area contributed by atoms with Gasteiger partial charge in [0.2, 0.25) is 0 Å². The lowest BCUT2D eigenvalue weighted by atomic mass is 10.2. The topological polar surface area (TPSA) is 54.0 Å².